The lowest BCUT2D eigenvalue weighted by Gasteiger charge is -2.46. The number of ether oxygens (including phenoxy) is 1. The van der Waals surface area contributed by atoms with Crippen molar-refractivity contribution in [1.82, 2.24) is 24.8 Å². The third-order valence-corrected chi connectivity index (χ3v) is 9.71. The summed E-state index contributed by atoms with van der Waals surface area (Å²) in [5, 5.41) is 8.85. The predicted octanol–water partition coefficient (Wildman–Crippen LogP) is 5.12. The molecule has 2 aliphatic rings. The van der Waals surface area contributed by atoms with E-state index in [9.17, 15) is 9.59 Å². The third-order valence-electron chi connectivity index (χ3n) is 8.82. The molecule has 0 N–H and O–H groups in total. The summed E-state index contributed by atoms with van der Waals surface area (Å²) in [6.45, 7) is 13.0. The van der Waals surface area contributed by atoms with E-state index in [0.29, 0.717) is 26.2 Å². The Hall–Kier alpha value is -3.24. The molecule has 2 saturated heterocycles. The molecule has 5 rings (SSSR count). The zero-order chi connectivity index (χ0) is 30.2. The maximum Gasteiger partial charge on any atom is 0.251 e. The van der Waals surface area contributed by atoms with Crippen LogP contribution in [0.2, 0.25) is 0 Å². The van der Waals surface area contributed by atoms with Crippen molar-refractivity contribution in [2.75, 3.05) is 31.6 Å². The quantitative estimate of drug-likeness (QED) is 0.358. The standard InChI is InChI=1S/C32H41BrN6O3/c1-21-16-24(9-14-28(21)33)32(4,5)31(41)36-17-22(2)38(23(3)18-36)19-25-20-39(35-34-25)29-8-7-15-37(30(29)40)26-10-12-27(42-6)13-11-26/h9-14,16,20,22-23,29H,7-8,15,17-19H2,1-6H3/t22-,23+,29?. The number of halogens is 1. The first kappa shape index (κ1) is 30.2. The van der Waals surface area contributed by atoms with Crippen LogP contribution in [0.25, 0.3) is 0 Å². The minimum absolute atomic E-state index is 0.0281. The van der Waals surface area contributed by atoms with Crippen molar-refractivity contribution in [3.8, 4) is 5.75 Å². The molecule has 9 nitrogen and oxygen atoms in total. The lowest BCUT2D eigenvalue weighted by Crippen LogP contribution is -2.60. The van der Waals surface area contributed by atoms with E-state index < -0.39 is 5.41 Å². The monoisotopic (exact) mass is 636 g/mol. The van der Waals surface area contributed by atoms with Crippen LogP contribution < -0.4 is 9.64 Å². The summed E-state index contributed by atoms with van der Waals surface area (Å²) in [4.78, 5) is 33.4. The van der Waals surface area contributed by atoms with Crippen LogP contribution in [0, 0.1) is 6.92 Å². The van der Waals surface area contributed by atoms with Crippen molar-refractivity contribution in [2.24, 2.45) is 0 Å². The molecular weight excluding hydrogens is 596 g/mol. The van der Waals surface area contributed by atoms with Crippen molar-refractivity contribution < 1.29 is 14.3 Å². The van der Waals surface area contributed by atoms with Gasteiger partial charge in [0.25, 0.3) is 5.91 Å². The summed E-state index contributed by atoms with van der Waals surface area (Å²) < 4.78 is 8.03. The lowest BCUT2D eigenvalue weighted by atomic mass is 9.82. The first-order valence-electron chi connectivity index (χ1n) is 14.7. The van der Waals surface area contributed by atoms with E-state index >= 15 is 0 Å². The number of piperazine rings is 1. The molecule has 2 aliphatic heterocycles. The van der Waals surface area contributed by atoms with Gasteiger partial charge in [-0.15, -0.1) is 5.10 Å². The van der Waals surface area contributed by atoms with Crippen LogP contribution in [-0.2, 0) is 21.5 Å². The van der Waals surface area contributed by atoms with Crippen molar-refractivity contribution in [3.63, 3.8) is 0 Å². The average molecular weight is 638 g/mol. The molecule has 10 heteroatoms. The minimum atomic E-state index is -0.623. The number of hydrogen-bond acceptors (Lipinski definition) is 6. The highest BCUT2D eigenvalue weighted by Gasteiger charge is 2.39. The smallest absolute Gasteiger partial charge is 0.251 e. The van der Waals surface area contributed by atoms with Crippen LogP contribution in [0.5, 0.6) is 5.75 Å². The molecule has 1 unspecified atom stereocenters. The second-order valence-electron chi connectivity index (χ2n) is 12.2. The molecule has 3 heterocycles. The number of hydrogen-bond donors (Lipinski definition) is 0. The molecule has 0 spiro atoms. The van der Waals surface area contributed by atoms with Crippen molar-refractivity contribution >= 4 is 33.4 Å². The van der Waals surface area contributed by atoms with Gasteiger partial charge in [-0.1, -0.05) is 33.3 Å². The number of aromatic nitrogens is 3. The second kappa shape index (κ2) is 12.2. The molecule has 0 radical (unpaired) electrons. The van der Waals surface area contributed by atoms with Crippen LogP contribution in [0.3, 0.4) is 0 Å². The Labute approximate surface area is 256 Å². The number of methoxy groups -OCH3 is 1. The Bertz CT molecular complexity index is 1430. The Morgan fingerprint density at radius 2 is 1.79 bits per heavy atom. The Balaban J connectivity index is 1.24. The molecule has 42 heavy (non-hydrogen) atoms. The molecular formula is C32H41BrN6O3. The number of carbonyl (C=O) groups is 2. The summed E-state index contributed by atoms with van der Waals surface area (Å²) in [7, 11) is 1.63. The van der Waals surface area contributed by atoms with Crippen LogP contribution in [0.1, 0.15) is 63.4 Å². The van der Waals surface area contributed by atoms with Gasteiger partial charge in [0, 0.05) is 48.4 Å². The van der Waals surface area contributed by atoms with Gasteiger partial charge in [0.2, 0.25) is 5.91 Å². The van der Waals surface area contributed by atoms with Gasteiger partial charge in [0.1, 0.15) is 11.8 Å². The van der Waals surface area contributed by atoms with Crippen molar-refractivity contribution in [2.45, 2.75) is 77.5 Å². The number of aryl methyl sites for hydroxylation is 1. The van der Waals surface area contributed by atoms with Gasteiger partial charge >= 0.3 is 0 Å². The molecule has 0 aliphatic carbocycles. The van der Waals surface area contributed by atoms with Gasteiger partial charge in [0.05, 0.1) is 24.4 Å². The maximum absolute atomic E-state index is 13.8. The summed E-state index contributed by atoms with van der Waals surface area (Å²) in [5.41, 5.74) is 3.21. The molecule has 3 atom stereocenters. The molecule has 0 bridgehead atoms. The zero-order valence-corrected chi connectivity index (χ0v) is 27.0. The summed E-state index contributed by atoms with van der Waals surface area (Å²) in [6.07, 6.45) is 3.53. The topological polar surface area (TPSA) is 83.8 Å². The number of benzene rings is 2. The Morgan fingerprint density at radius 1 is 1.10 bits per heavy atom. The minimum Gasteiger partial charge on any atom is -0.497 e. The molecule has 2 aromatic carbocycles. The van der Waals surface area contributed by atoms with Crippen LogP contribution in [0.15, 0.2) is 53.1 Å². The number of nitrogens with zero attached hydrogens (tertiary/aromatic N) is 6. The fraction of sp³-hybridized carbons (Fsp3) is 0.500. The van der Waals surface area contributed by atoms with Crippen LogP contribution in [-0.4, -0.2) is 75.4 Å². The molecule has 2 amide bonds. The van der Waals surface area contributed by atoms with E-state index in [1.807, 2.05) is 73.2 Å². The second-order valence-corrected chi connectivity index (χ2v) is 13.1. The van der Waals surface area contributed by atoms with Crippen LogP contribution in [0.4, 0.5) is 5.69 Å². The fourth-order valence-corrected chi connectivity index (χ4v) is 6.48. The largest absolute Gasteiger partial charge is 0.497 e. The molecule has 2 fully saturated rings. The molecule has 0 saturated carbocycles. The van der Waals surface area contributed by atoms with Gasteiger partial charge < -0.3 is 14.5 Å². The Morgan fingerprint density at radius 3 is 2.43 bits per heavy atom. The fourth-order valence-electron chi connectivity index (χ4n) is 6.23. The van der Waals surface area contributed by atoms with Crippen molar-refractivity contribution in [1.29, 1.82) is 0 Å². The average Bonchev–Trinajstić information content (AvgIpc) is 3.44. The number of rotatable bonds is 7. The number of carbonyl (C=O) groups excluding carboxylic acids is 2. The lowest BCUT2D eigenvalue weighted by molar-refractivity contribution is -0.141. The highest BCUT2D eigenvalue weighted by molar-refractivity contribution is 9.10. The third kappa shape index (κ3) is 5.97. The van der Waals surface area contributed by atoms with E-state index in [2.05, 4.69) is 51.1 Å². The van der Waals surface area contributed by atoms with Gasteiger partial charge in [0.15, 0.2) is 0 Å². The van der Waals surface area contributed by atoms with Gasteiger partial charge in [-0.3, -0.25) is 14.5 Å². The highest BCUT2D eigenvalue weighted by Crippen LogP contribution is 2.32. The SMILES string of the molecule is COc1ccc(N2CCCC(n3cc(CN4[C@H](C)CN(C(=O)C(C)(C)c5ccc(Br)c(C)c5)C[C@@H]4C)nn3)C2=O)cc1. The van der Waals surface area contributed by atoms with E-state index in [1.165, 1.54) is 0 Å². The number of piperidine rings is 1. The predicted molar refractivity (Wildman–Crippen MR) is 167 cm³/mol. The molecule has 1 aromatic heterocycles. The van der Waals surface area contributed by atoms with E-state index in [0.717, 1.165) is 45.6 Å². The van der Waals surface area contributed by atoms with Gasteiger partial charge in [-0.25, -0.2) is 4.68 Å². The van der Waals surface area contributed by atoms with E-state index in [4.69, 9.17) is 4.74 Å². The first-order valence-corrected chi connectivity index (χ1v) is 15.5. The maximum atomic E-state index is 13.8. The summed E-state index contributed by atoms with van der Waals surface area (Å²) in [5.74, 6) is 0.934. The number of anilines is 1. The summed E-state index contributed by atoms with van der Waals surface area (Å²) in [6, 6.07) is 13.6. The van der Waals surface area contributed by atoms with Gasteiger partial charge in [-0.2, -0.15) is 0 Å². The highest BCUT2D eigenvalue weighted by atomic mass is 79.9. The van der Waals surface area contributed by atoms with Gasteiger partial charge in [-0.05, 0) is 88.9 Å². The molecule has 224 valence electrons. The molecule has 3 aromatic rings. The Kier molecular flexibility index (Phi) is 8.76. The number of amides is 2. The normalized spacial score (nSPS) is 22.0. The van der Waals surface area contributed by atoms with Crippen molar-refractivity contribution in [3.05, 3.63) is 70.0 Å². The first-order chi connectivity index (χ1) is 20.0. The summed E-state index contributed by atoms with van der Waals surface area (Å²) >= 11 is 3.57. The van der Waals surface area contributed by atoms with E-state index in [1.54, 1.807) is 11.8 Å². The zero-order valence-electron chi connectivity index (χ0n) is 25.4. The van der Waals surface area contributed by atoms with E-state index in [-0.39, 0.29) is 29.9 Å². The van der Waals surface area contributed by atoms with Crippen LogP contribution >= 0.6 is 15.9 Å².